The van der Waals surface area contributed by atoms with E-state index in [1.165, 1.54) is 30.3 Å². The second kappa shape index (κ2) is 8.72. The van der Waals surface area contributed by atoms with Crippen LogP contribution < -0.4 is 0 Å². The second-order valence-corrected chi connectivity index (χ2v) is 6.85. The van der Waals surface area contributed by atoms with Crippen molar-refractivity contribution >= 4 is 16.8 Å². The van der Waals surface area contributed by atoms with Crippen molar-refractivity contribution in [3.63, 3.8) is 0 Å². The molecule has 0 spiro atoms. The first-order chi connectivity index (χ1) is 13.8. The van der Waals surface area contributed by atoms with E-state index in [0.29, 0.717) is 12.0 Å². The van der Waals surface area contributed by atoms with E-state index in [-0.39, 0.29) is 28.0 Å². The second-order valence-electron chi connectivity index (χ2n) is 6.85. The Morgan fingerprint density at radius 2 is 1.55 bits per heavy atom. The molecule has 0 bridgehead atoms. The summed E-state index contributed by atoms with van der Waals surface area (Å²) < 4.78 is 82.5. The predicted octanol–water partition coefficient (Wildman–Crippen LogP) is 8.03. The lowest BCUT2D eigenvalue weighted by Gasteiger charge is -2.11. The van der Waals surface area contributed by atoms with Crippen LogP contribution in [-0.4, -0.2) is 0 Å². The Kier molecular flexibility index (Phi) is 6.30. The third kappa shape index (κ3) is 4.47. The molecule has 3 aromatic rings. The smallest absolute Gasteiger partial charge is 0.206 e. The summed E-state index contributed by atoms with van der Waals surface area (Å²) in [6.45, 7) is 2.03. The quantitative estimate of drug-likeness (QED) is 0.286. The highest BCUT2D eigenvalue weighted by Crippen LogP contribution is 2.33. The summed E-state index contributed by atoms with van der Waals surface area (Å²) >= 11 is 0. The van der Waals surface area contributed by atoms with E-state index in [9.17, 15) is 26.3 Å². The van der Waals surface area contributed by atoms with Crippen molar-refractivity contribution in [1.82, 2.24) is 0 Å². The molecule has 3 aromatic carbocycles. The molecule has 0 aliphatic carbocycles. The maximum Gasteiger partial charge on any atom is 0.271 e. The van der Waals surface area contributed by atoms with Gasteiger partial charge < -0.3 is 0 Å². The van der Waals surface area contributed by atoms with Gasteiger partial charge in [0.25, 0.3) is 6.08 Å². The molecule has 3 rings (SSSR count). The highest BCUT2D eigenvalue weighted by Gasteiger charge is 2.17. The van der Waals surface area contributed by atoms with Gasteiger partial charge in [-0.2, -0.15) is 8.78 Å². The highest BCUT2D eigenvalue weighted by molar-refractivity contribution is 5.90. The van der Waals surface area contributed by atoms with Crippen LogP contribution in [0.3, 0.4) is 0 Å². The van der Waals surface area contributed by atoms with Gasteiger partial charge in [-0.1, -0.05) is 31.9 Å². The standard InChI is InChI=1S/C23H18F6/c1-2-3-4-5-13-8-19(25)22(20(26)9-13)14-6-7-16-15(10-14)11-18(24)17(23(16)29)12-21(27)28/h6-12H,2-5H2,1H3. The molecule has 0 heterocycles. The molecule has 0 nitrogen and oxygen atoms in total. The average molecular weight is 408 g/mol. The van der Waals surface area contributed by atoms with Gasteiger partial charge in [0.15, 0.2) is 0 Å². The molecular formula is C23H18F6. The van der Waals surface area contributed by atoms with Crippen LogP contribution in [-0.2, 0) is 6.42 Å². The minimum atomic E-state index is -2.23. The van der Waals surface area contributed by atoms with Crippen molar-refractivity contribution in [1.29, 1.82) is 0 Å². The summed E-state index contributed by atoms with van der Waals surface area (Å²) in [5, 5.41) is -0.112. The lowest BCUT2D eigenvalue weighted by molar-refractivity contribution is 0.428. The first-order valence-corrected chi connectivity index (χ1v) is 9.24. The molecule has 0 aliphatic heterocycles. The Bertz CT molecular complexity index is 1060. The normalized spacial score (nSPS) is 11.1. The molecule has 0 amide bonds. The fraction of sp³-hybridized carbons (Fsp3) is 0.217. The third-order valence-electron chi connectivity index (χ3n) is 4.78. The Balaban J connectivity index is 2.06. The van der Waals surface area contributed by atoms with E-state index in [2.05, 4.69) is 0 Å². The molecule has 0 atom stereocenters. The molecule has 0 saturated heterocycles. The monoisotopic (exact) mass is 408 g/mol. The fourth-order valence-corrected chi connectivity index (χ4v) is 3.37. The maximum atomic E-state index is 14.6. The summed E-state index contributed by atoms with van der Waals surface area (Å²) in [7, 11) is 0. The van der Waals surface area contributed by atoms with Gasteiger partial charge in [-0.25, -0.2) is 17.6 Å². The van der Waals surface area contributed by atoms with E-state index in [1.807, 2.05) is 6.92 Å². The van der Waals surface area contributed by atoms with Crippen LogP contribution in [0.5, 0.6) is 0 Å². The van der Waals surface area contributed by atoms with Gasteiger partial charge in [0, 0.05) is 11.5 Å². The molecular weight excluding hydrogens is 390 g/mol. The van der Waals surface area contributed by atoms with Gasteiger partial charge in [-0.05, 0) is 53.6 Å². The summed E-state index contributed by atoms with van der Waals surface area (Å²) in [5.41, 5.74) is -0.518. The van der Waals surface area contributed by atoms with Crippen LogP contribution in [0.25, 0.3) is 28.0 Å². The lowest BCUT2D eigenvalue weighted by atomic mass is 9.96. The van der Waals surface area contributed by atoms with Crippen LogP contribution >= 0.6 is 0 Å². The minimum Gasteiger partial charge on any atom is -0.206 e. The van der Waals surface area contributed by atoms with Crippen molar-refractivity contribution in [2.45, 2.75) is 32.6 Å². The van der Waals surface area contributed by atoms with Crippen molar-refractivity contribution in [3.05, 3.63) is 76.9 Å². The molecule has 0 saturated carbocycles. The van der Waals surface area contributed by atoms with Gasteiger partial charge in [0.2, 0.25) is 0 Å². The van der Waals surface area contributed by atoms with Gasteiger partial charge in [0.05, 0.1) is 11.1 Å². The number of benzene rings is 3. The summed E-state index contributed by atoms with van der Waals surface area (Å²) in [5.74, 6) is -3.88. The van der Waals surface area contributed by atoms with Crippen molar-refractivity contribution in [2.24, 2.45) is 0 Å². The van der Waals surface area contributed by atoms with Crippen LogP contribution in [0.1, 0.15) is 37.3 Å². The summed E-state index contributed by atoms with van der Waals surface area (Å²) in [4.78, 5) is 0. The molecule has 0 radical (unpaired) electrons. The number of fused-ring (bicyclic) bond motifs is 1. The Morgan fingerprint density at radius 3 is 2.17 bits per heavy atom. The molecule has 152 valence electrons. The molecule has 0 fully saturated rings. The largest absolute Gasteiger partial charge is 0.271 e. The van der Waals surface area contributed by atoms with Crippen molar-refractivity contribution < 1.29 is 26.3 Å². The summed E-state index contributed by atoms with van der Waals surface area (Å²) in [6.07, 6.45) is 1.19. The Labute approximate surface area is 164 Å². The lowest BCUT2D eigenvalue weighted by Crippen LogP contribution is -1.96. The Hall–Kier alpha value is -2.76. The minimum absolute atomic E-state index is 0.0136. The van der Waals surface area contributed by atoms with Crippen LogP contribution in [0.2, 0.25) is 0 Å². The van der Waals surface area contributed by atoms with Gasteiger partial charge >= 0.3 is 0 Å². The van der Waals surface area contributed by atoms with Crippen LogP contribution in [0, 0.1) is 23.3 Å². The van der Waals surface area contributed by atoms with E-state index in [1.54, 1.807) is 0 Å². The van der Waals surface area contributed by atoms with E-state index in [0.717, 1.165) is 25.3 Å². The summed E-state index contributed by atoms with van der Waals surface area (Å²) in [6, 6.07) is 7.10. The number of hydrogen-bond donors (Lipinski definition) is 0. The number of halogens is 6. The highest BCUT2D eigenvalue weighted by atomic mass is 19.3. The maximum absolute atomic E-state index is 14.6. The average Bonchev–Trinajstić information content (AvgIpc) is 2.64. The predicted molar refractivity (Wildman–Crippen MR) is 103 cm³/mol. The Morgan fingerprint density at radius 1 is 0.862 bits per heavy atom. The number of aryl methyl sites for hydroxylation is 1. The van der Waals surface area contributed by atoms with Crippen LogP contribution in [0.15, 0.2) is 42.5 Å². The molecule has 0 unspecified atom stereocenters. The SMILES string of the molecule is CCCCCc1cc(F)c(-c2ccc3c(F)c(C=C(F)F)c(F)cc3c2)c(F)c1. The molecule has 29 heavy (non-hydrogen) atoms. The van der Waals surface area contributed by atoms with E-state index in [4.69, 9.17) is 0 Å². The van der Waals surface area contributed by atoms with Gasteiger partial charge in [-0.15, -0.1) is 0 Å². The fourth-order valence-electron chi connectivity index (χ4n) is 3.37. The molecule has 0 aromatic heterocycles. The zero-order chi connectivity index (χ0) is 21.1. The number of hydrogen-bond acceptors (Lipinski definition) is 0. The zero-order valence-corrected chi connectivity index (χ0v) is 15.6. The molecule has 0 N–H and O–H groups in total. The number of rotatable bonds is 6. The first kappa shape index (κ1) is 21.0. The number of unbranched alkanes of at least 4 members (excludes halogenated alkanes) is 2. The zero-order valence-electron chi connectivity index (χ0n) is 15.6. The third-order valence-corrected chi connectivity index (χ3v) is 4.78. The van der Waals surface area contributed by atoms with E-state index >= 15 is 0 Å². The van der Waals surface area contributed by atoms with Gasteiger partial charge in [0.1, 0.15) is 23.3 Å². The molecule has 6 heteroatoms. The van der Waals surface area contributed by atoms with Crippen molar-refractivity contribution in [2.75, 3.05) is 0 Å². The van der Waals surface area contributed by atoms with Crippen LogP contribution in [0.4, 0.5) is 26.3 Å². The first-order valence-electron chi connectivity index (χ1n) is 9.24. The van der Waals surface area contributed by atoms with Crippen molar-refractivity contribution in [3.8, 4) is 11.1 Å². The van der Waals surface area contributed by atoms with E-state index < -0.39 is 34.9 Å². The van der Waals surface area contributed by atoms with Gasteiger partial charge in [-0.3, -0.25) is 0 Å². The molecule has 0 aliphatic rings. The topological polar surface area (TPSA) is 0 Å².